The first kappa shape index (κ1) is 22.2. The number of carbonyl (C=O) groups excluding carboxylic acids is 1. The Hall–Kier alpha value is -3.01. The van der Waals surface area contributed by atoms with Gasteiger partial charge in [-0.3, -0.25) is 4.79 Å². The van der Waals surface area contributed by atoms with Gasteiger partial charge in [0, 0.05) is 23.5 Å². The molecule has 0 aliphatic carbocycles. The Morgan fingerprint density at radius 1 is 1.22 bits per heavy atom. The van der Waals surface area contributed by atoms with Crippen LogP contribution in [-0.4, -0.2) is 29.0 Å². The van der Waals surface area contributed by atoms with Crippen LogP contribution in [0.1, 0.15) is 40.1 Å². The molecule has 2 unspecified atom stereocenters. The fourth-order valence-electron chi connectivity index (χ4n) is 3.61. The van der Waals surface area contributed by atoms with Gasteiger partial charge in [0.05, 0.1) is 13.2 Å². The van der Waals surface area contributed by atoms with E-state index < -0.39 is 24.2 Å². The van der Waals surface area contributed by atoms with Gasteiger partial charge in [-0.1, -0.05) is 40.2 Å². The van der Waals surface area contributed by atoms with Crippen LogP contribution in [0.4, 0.5) is 19.0 Å². The van der Waals surface area contributed by atoms with Gasteiger partial charge >= 0.3 is 6.18 Å². The lowest BCUT2D eigenvalue weighted by atomic mass is 9.97. The normalized spacial score (nSPS) is 17.9. The maximum Gasteiger partial charge on any atom is 0.410 e. The molecule has 0 bridgehead atoms. The molecule has 32 heavy (non-hydrogen) atoms. The van der Waals surface area contributed by atoms with Crippen LogP contribution in [-0.2, 0) is 6.54 Å². The Kier molecular flexibility index (Phi) is 6.14. The molecule has 2 atom stereocenters. The molecule has 1 aliphatic heterocycles. The number of amides is 1. The van der Waals surface area contributed by atoms with Gasteiger partial charge in [-0.25, -0.2) is 4.68 Å². The monoisotopic (exact) mass is 508 g/mol. The first-order valence-corrected chi connectivity index (χ1v) is 10.6. The van der Waals surface area contributed by atoms with Crippen LogP contribution in [0.15, 0.2) is 59.1 Å². The molecule has 0 saturated carbocycles. The summed E-state index contributed by atoms with van der Waals surface area (Å²) in [4.78, 5) is 12.6. The number of nitrogens with one attached hydrogen (secondary N) is 2. The van der Waals surface area contributed by atoms with Crippen molar-refractivity contribution in [1.82, 2.24) is 15.1 Å². The lowest BCUT2D eigenvalue weighted by Gasteiger charge is -2.33. The minimum absolute atomic E-state index is 0.0771. The number of carbonyl (C=O) groups is 1. The van der Waals surface area contributed by atoms with Gasteiger partial charge in [-0.15, -0.1) is 0 Å². The molecule has 0 spiro atoms. The van der Waals surface area contributed by atoms with Crippen LogP contribution in [0.3, 0.4) is 0 Å². The van der Waals surface area contributed by atoms with Gasteiger partial charge < -0.3 is 15.4 Å². The summed E-state index contributed by atoms with van der Waals surface area (Å²) < 4.78 is 48.2. The largest absolute Gasteiger partial charge is 0.497 e. The highest BCUT2D eigenvalue weighted by molar-refractivity contribution is 9.10. The summed E-state index contributed by atoms with van der Waals surface area (Å²) in [5, 5.41) is 9.76. The van der Waals surface area contributed by atoms with E-state index in [9.17, 15) is 18.0 Å². The molecule has 1 aliphatic rings. The van der Waals surface area contributed by atoms with E-state index in [4.69, 9.17) is 4.74 Å². The van der Waals surface area contributed by atoms with Gasteiger partial charge in [0.2, 0.25) is 0 Å². The molecule has 1 aromatic heterocycles. The number of benzene rings is 2. The number of ether oxygens (including phenoxy) is 1. The molecule has 2 N–H and O–H groups in total. The van der Waals surface area contributed by atoms with Gasteiger partial charge in [0.15, 0.2) is 11.7 Å². The summed E-state index contributed by atoms with van der Waals surface area (Å²) in [5.41, 5.74) is 1.47. The molecule has 10 heteroatoms. The lowest BCUT2D eigenvalue weighted by molar-refractivity contribution is -0.173. The van der Waals surface area contributed by atoms with Gasteiger partial charge in [0.1, 0.15) is 11.6 Å². The topological polar surface area (TPSA) is 68.2 Å². The van der Waals surface area contributed by atoms with Gasteiger partial charge in [-0.05, 0) is 35.4 Å². The number of anilines is 1. The molecule has 1 amide bonds. The lowest BCUT2D eigenvalue weighted by Crippen LogP contribution is -2.35. The zero-order chi connectivity index (χ0) is 22.9. The summed E-state index contributed by atoms with van der Waals surface area (Å²) in [6, 6.07) is 13.2. The van der Waals surface area contributed by atoms with Crippen molar-refractivity contribution >= 4 is 27.7 Å². The van der Waals surface area contributed by atoms with Crippen LogP contribution >= 0.6 is 15.9 Å². The number of hydrogen-bond donors (Lipinski definition) is 2. The summed E-state index contributed by atoms with van der Waals surface area (Å²) in [7, 11) is 1.56. The quantitative estimate of drug-likeness (QED) is 0.494. The number of methoxy groups -OCH3 is 1. The van der Waals surface area contributed by atoms with E-state index in [1.807, 2.05) is 0 Å². The van der Waals surface area contributed by atoms with E-state index in [1.54, 1.807) is 55.6 Å². The maximum absolute atomic E-state index is 13.8. The molecular weight excluding hydrogens is 489 g/mol. The Bertz CT molecular complexity index is 1100. The van der Waals surface area contributed by atoms with Crippen molar-refractivity contribution in [3.63, 3.8) is 0 Å². The van der Waals surface area contributed by atoms with E-state index >= 15 is 0 Å². The van der Waals surface area contributed by atoms with Crippen molar-refractivity contribution in [3.05, 3.63) is 75.9 Å². The summed E-state index contributed by atoms with van der Waals surface area (Å²) in [6.45, 7) is 0.211. The average Bonchev–Trinajstić information content (AvgIpc) is 3.21. The van der Waals surface area contributed by atoms with E-state index in [2.05, 4.69) is 31.7 Å². The van der Waals surface area contributed by atoms with E-state index in [-0.39, 0.29) is 24.5 Å². The predicted octanol–water partition coefficient (Wildman–Crippen LogP) is 5.24. The van der Waals surface area contributed by atoms with Crippen molar-refractivity contribution in [2.75, 3.05) is 12.4 Å². The number of alkyl halides is 3. The van der Waals surface area contributed by atoms with Crippen LogP contribution < -0.4 is 15.4 Å². The van der Waals surface area contributed by atoms with Crippen LogP contribution in [0.2, 0.25) is 0 Å². The fourth-order valence-corrected chi connectivity index (χ4v) is 3.88. The second-order valence-electron chi connectivity index (χ2n) is 7.43. The zero-order valence-electron chi connectivity index (χ0n) is 17.0. The van der Waals surface area contributed by atoms with Gasteiger partial charge in [-0.2, -0.15) is 18.3 Å². The molecule has 2 heterocycles. The highest BCUT2D eigenvalue weighted by atomic mass is 79.9. The number of hydrogen-bond acceptors (Lipinski definition) is 4. The molecule has 2 aromatic carbocycles. The molecule has 3 aromatic rings. The maximum atomic E-state index is 13.8. The fraction of sp³-hybridized carbons (Fsp3) is 0.273. The Labute approximate surface area is 190 Å². The summed E-state index contributed by atoms with van der Waals surface area (Å²) in [5.74, 6) is 0.290. The van der Waals surface area contributed by atoms with E-state index in [0.29, 0.717) is 5.75 Å². The molecule has 6 nitrogen and oxygen atoms in total. The Morgan fingerprint density at radius 2 is 1.91 bits per heavy atom. The third kappa shape index (κ3) is 4.74. The van der Waals surface area contributed by atoms with Crippen molar-refractivity contribution in [1.29, 1.82) is 0 Å². The Balaban J connectivity index is 1.54. The SMILES string of the molecule is COc1ccc(CNC(=O)c2cc3n(n2)C(C(F)(F)F)CC(c2ccc(Br)cc2)N3)cc1. The smallest absolute Gasteiger partial charge is 0.410 e. The first-order chi connectivity index (χ1) is 15.2. The molecular formula is C22H20BrF3N4O2. The minimum Gasteiger partial charge on any atom is -0.497 e. The van der Waals surface area contributed by atoms with E-state index in [0.717, 1.165) is 20.3 Å². The second-order valence-corrected chi connectivity index (χ2v) is 8.35. The zero-order valence-corrected chi connectivity index (χ0v) is 18.6. The first-order valence-electron chi connectivity index (χ1n) is 9.84. The van der Waals surface area contributed by atoms with Crippen molar-refractivity contribution in [3.8, 4) is 5.75 Å². The number of aromatic nitrogens is 2. The number of nitrogens with zero attached hydrogens (tertiary/aromatic N) is 2. The highest BCUT2D eigenvalue weighted by Crippen LogP contribution is 2.43. The average molecular weight is 509 g/mol. The number of fused-ring (bicyclic) bond motifs is 1. The third-order valence-electron chi connectivity index (χ3n) is 5.31. The molecule has 0 saturated heterocycles. The molecule has 168 valence electrons. The molecule has 0 radical (unpaired) electrons. The predicted molar refractivity (Wildman–Crippen MR) is 117 cm³/mol. The van der Waals surface area contributed by atoms with Crippen LogP contribution in [0.5, 0.6) is 5.75 Å². The highest BCUT2D eigenvalue weighted by Gasteiger charge is 2.46. The number of rotatable bonds is 5. The molecule has 4 rings (SSSR count). The van der Waals surface area contributed by atoms with Crippen molar-refractivity contribution < 1.29 is 22.7 Å². The third-order valence-corrected chi connectivity index (χ3v) is 5.84. The van der Waals surface area contributed by atoms with Crippen molar-refractivity contribution in [2.24, 2.45) is 0 Å². The summed E-state index contributed by atoms with van der Waals surface area (Å²) >= 11 is 3.33. The minimum atomic E-state index is -4.51. The van der Waals surface area contributed by atoms with Crippen molar-refractivity contribution in [2.45, 2.75) is 31.2 Å². The summed E-state index contributed by atoms with van der Waals surface area (Å²) in [6.07, 6.45) is -4.74. The molecule has 0 fully saturated rings. The Morgan fingerprint density at radius 3 is 2.53 bits per heavy atom. The second kappa shape index (κ2) is 8.85. The van der Waals surface area contributed by atoms with Gasteiger partial charge in [0.25, 0.3) is 5.91 Å². The van der Waals surface area contributed by atoms with Crippen LogP contribution in [0, 0.1) is 0 Å². The van der Waals surface area contributed by atoms with E-state index in [1.165, 1.54) is 6.07 Å². The number of halogens is 4. The standard InChI is InChI=1S/C22H20BrF3N4O2/c1-32-16-8-2-13(3-9-16)12-27-21(31)18-11-20-28-17(14-4-6-15(23)7-5-14)10-19(22(24,25)26)30(20)29-18/h2-9,11,17,19,28H,10,12H2,1H3,(H,27,31). The van der Waals surface area contributed by atoms with Crippen LogP contribution in [0.25, 0.3) is 0 Å².